The Morgan fingerprint density at radius 2 is 0.526 bits per heavy atom. The first-order chi connectivity index (χ1) is 36.6. The molecule has 0 aliphatic carbocycles. The van der Waals surface area contributed by atoms with Crippen molar-refractivity contribution in [1.82, 2.24) is 13.7 Å². The van der Waals surface area contributed by atoms with Crippen LogP contribution in [0.1, 0.15) is 97.2 Å². The average molecular weight is 984 g/mol. The summed E-state index contributed by atoms with van der Waals surface area (Å²) in [6, 6.07) is 80.7. The van der Waals surface area contributed by atoms with Crippen LogP contribution in [0.3, 0.4) is 0 Å². The second-order valence-corrected chi connectivity index (χ2v) is 23.4. The molecule has 0 fully saturated rings. The zero-order valence-corrected chi connectivity index (χ0v) is 45.5. The summed E-state index contributed by atoms with van der Waals surface area (Å²) in [5.41, 5.74) is 22.2. The number of hydrogen-bond donors (Lipinski definition) is 0. The maximum Gasteiger partial charge on any atom is 0.0544 e. The highest BCUT2D eigenvalue weighted by atomic mass is 15.0. The van der Waals surface area contributed by atoms with Crippen LogP contribution < -0.4 is 0 Å². The normalized spacial score (nSPS) is 12.6. The largest absolute Gasteiger partial charge is 0.309 e. The van der Waals surface area contributed by atoms with Gasteiger partial charge >= 0.3 is 0 Å². The minimum absolute atomic E-state index is 0.313. The van der Waals surface area contributed by atoms with Crippen LogP contribution >= 0.6 is 0 Å². The average Bonchev–Trinajstić information content (AvgIpc) is 4.21. The molecule has 0 amide bonds. The van der Waals surface area contributed by atoms with E-state index >= 15 is 0 Å². The molecule has 0 atom stereocenters. The summed E-state index contributed by atoms with van der Waals surface area (Å²) in [5, 5.41) is 7.52. The molecule has 0 saturated heterocycles. The number of fused-ring (bicyclic) bond motifs is 9. The van der Waals surface area contributed by atoms with Gasteiger partial charge in [-0.3, -0.25) is 0 Å². The van der Waals surface area contributed by atoms with E-state index in [1.54, 1.807) is 0 Å². The first-order valence-corrected chi connectivity index (χ1v) is 27.1. The molecule has 0 unspecified atom stereocenters. The number of aromatic nitrogens is 3. The van der Waals surface area contributed by atoms with Crippen molar-refractivity contribution >= 4 is 65.4 Å². The van der Waals surface area contributed by atoms with E-state index in [0.29, 0.717) is 0 Å². The van der Waals surface area contributed by atoms with Gasteiger partial charge < -0.3 is 13.7 Å². The van der Waals surface area contributed by atoms with Gasteiger partial charge in [0.25, 0.3) is 0 Å². The van der Waals surface area contributed by atoms with Gasteiger partial charge in [-0.2, -0.15) is 0 Å². The topological polar surface area (TPSA) is 14.8 Å². The molecule has 0 aliphatic rings. The quantitative estimate of drug-likeness (QED) is 0.137. The molecule has 0 N–H and O–H groups in total. The molecule has 3 heterocycles. The molecule has 0 aliphatic heterocycles. The van der Waals surface area contributed by atoms with Gasteiger partial charge in [0.15, 0.2) is 0 Å². The molecule has 3 nitrogen and oxygen atoms in total. The zero-order valence-electron chi connectivity index (χ0n) is 45.5. The van der Waals surface area contributed by atoms with Crippen LogP contribution in [0.2, 0.25) is 0 Å². The molecule has 13 aromatic rings. The van der Waals surface area contributed by atoms with Crippen molar-refractivity contribution in [1.29, 1.82) is 0 Å². The molecule has 372 valence electrons. The predicted molar refractivity (Wildman–Crippen MR) is 324 cm³/mol. The lowest BCUT2D eigenvalue weighted by molar-refractivity contribution is 0.591. The fourth-order valence-corrected chi connectivity index (χ4v) is 12.8. The minimum Gasteiger partial charge on any atom is -0.309 e. The fraction of sp³-hybridized carbons (Fsp3) is 0.178. The van der Waals surface area contributed by atoms with E-state index in [9.17, 15) is 0 Å². The molecule has 76 heavy (non-hydrogen) atoms. The number of hydrogen-bond acceptors (Lipinski definition) is 0. The standard InChI is InChI=1S/C73H65N3/c1-46-26-32-64-56(38-46)57-39-47(2)27-33-65(57)74(64)54-30-36-68-60(44-54)61-45-55(75-66-34-28-48(3)40-58(66)59-41-49(4)29-35-67(59)75)31-37-69(61)76(68)70-62(72(7,8)51-22-16-12-17-23-51)42-53(71(5,6)50-20-14-11-15-21-50)43-63(70)73(9,10)52-24-18-13-19-25-52/h11-45H,1-10H3. The maximum absolute atomic E-state index is 2.65. The number of aryl methyl sites for hydroxylation is 4. The van der Waals surface area contributed by atoms with Crippen LogP contribution in [0.15, 0.2) is 212 Å². The van der Waals surface area contributed by atoms with Crippen molar-refractivity contribution < 1.29 is 0 Å². The highest BCUT2D eigenvalue weighted by Gasteiger charge is 2.38. The number of benzene rings is 10. The van der Waals surface area contributed by atoms with E-state index in [-0.39, 0.29) is 5.41 Å². The van der Waals surface area contributed by atoms with Gasteiger partial charge in [-0.1, -0.05) is 191 Å². The zero-order chi connectivity index (χ0) is 52.4. The van der Waals surface area contributed by atoms with Crippen LogP contribution in [-0.4, -0.2) is 13.7 Å². The molecule has 3 heteroatoms. The van der Waals surface area contributed by atoms with Gasteiger partial charge in [0.1, 0.15) is 0 Å². The van der Waals surface area contributed by atoms with E-state index in [0.717, 1.165) is 11.4 Å². The third-order valence-electron chi connectivity index (χ3n) is 17.3. The van der Waals surface area contributed by atoms with Crippen molar-refractivity contribution in [3.63, 3.8) is 0 Å². The predicted octanol–water partition coefficient (Wildman–Crippen LogP) is 19.2. The summed E-state index contributed by atoms with van der Waals surface area (Å²) in [4.78, 5) is 0. The molecule has 0 saturated carbocycles. The Kier molecular flexibility index (Phi) is 10.8. The van der Waals surface area contributed by atoms with Crippen molar-refractivity contribution in [2.24, 2.45) is 0 Å². The first-order valence-electron chi connectivity index (χ1n) is 27.1. The van der Waals surface area contributed by atoms with Gasteiger partial charge in [0, 0.05) is 59.9 Å². The Morgan fingerprint density at radius 3 is 0.855 bits per heavy atom. The van der Waals surface area contributed by atoms with Crippen molar-refractivity contribution in [2.45, 2.75) is 85.5 Å². The van der Waals surface area contributed by atoms with Crippen LogP contribution in [0.25, 0.3) is 82.5 Å². The van der Waals surface area contributed by atoms with Gasteiger partial charge in [0.05, 0.1) is 38.8 Å². The summed E-state index contributed by atoms with van der Waals surface area (Å²) >= 11 is 0. The summed E-state index contributed by atoms with van der Waals surface area (Å²) in [5.74, 6) is 0. The molecule has 0 bridgehead atoms. The van der Waals surface area contributed by atoms with Crippen LogP contribution in [0.4, 0.5) is 0 Å². The summed E-state index contributed by atoms with van der Waals surface area (Å²) in [6.07, 6.45) is 0. The van der Waals surface area contributed by atoms with Gasteiger partial charge in [-0.15, -0.1) is 0 Å². The molecule has 0 radical (unpaired) electrons. The summed E-state index contributed by atoms with van der Waals surface area (Å²) in [7, 11) is 0. The third kappa shape index (κ3) is 7.30. The van der Waals surface area contributed by atoms with E-state index in [4.69, 9.17) is 0 Å². The van der Waals surface area contributed by atoms with Crippen molar-refractivity contribution in [2.75, 3.05) is 0 Å². The Morgan fingerprint density at radius 1 is 0.250 bits per heavy atom. The first kappa shape index (κ1) is 47.3. The van der Waals surface area contributed by atoms with E-state index in [1.807, 2.05) is 0 Å². The van der Waals surface area contributed by atoms with Crippen molar-refractivity contribution in [3.8, 4) is 17.1 Å². The lowest BCUT2D eigenvalue weighted by Crippen LogP contribution is -2.30. The highest BCUT2D eigenvalue weighted by Crippen LogP contribution is 2.49. The maximum atomic E-state index is 2.65. The van der Waals surface area contributed by atoms with Gasteiger partial charge in [-0.25, -0.2) is 0 Å². The summed E-state index contributed by atoms with van der Waals surface area (Å²) in [6.45, 7) is 23.3. The smallest absolute Gasteiger partial charge is 0.0544 e. The lowest BCUT2D eigenvalue weighted by atomic mass is 9.68. The monoisotopic (exact) mass is 984 g/mol. The Bertz CT molecular complexity index is 4070. The Hall–Kier alpha value is -8.40. The number of nitrogens with zero attached hydrogens (tertiary/aromatic N) is 3. The minimum atomic E-state index is -0.428. The molecule has 13 rings (SSSR count). The van der Waals surface area contributed by atoms with Crippen LogP contribution in [0.5, 0.6) is 0 Å². The fourth-order valence-electron chi connectivity index (χ4n) is 12.8. The Labute approximate surface area is 447 Å². The van der Waals surface area contributed by atoms with Gasteiger partial charge in [-0.05, 0) is 146 Å². The Balaban J connectivity index is 1.19. The summed E-state index contributed by atoms with van der Waals surface area (Å²) < 4.78 is 7.62. The number of rotatable bonds is 9. The van der Waals surface area contributed by atoms with Crippen LogP contribution in [0, 0.1) is 27.7 Å². The molecular weight excluding hydrogens is 919 g/mol. The third-order valence-corrected chi connectivity index (χ3v) is 17.3. The SMILES string of the molecule is Cc1ccc2c(c1)c1cc(C)ccc1n2-c1ccc2c(c1)c1cc(-n3c4ccc(C)cc4c4cc(C)ccc43)ccc1n2-c1c(C(C)(C)c2ccccc2)cc(C(C)(C)c2ccccc2)cc1C(C)(C)c1ccccc1. The van der Waals surface area contributed by atoms with Crippen LogP contribution in [-0.2, 0) is 16.2 Å². The molecule has 10 aromatic carbocycles. The second-order valence-electron chi connectivity index (χ2n) is 23.4. The van der Waals surface area contributed by atoms with E-state index in [1.165, 1.54) is 127 Å². The van der Waals surface area contributed by atoms with Crippen molar-refractivity contribution in [3.05, 3.63) is 268 Å². The molecule has 0 spiro atoms. The van der Waals surface area contributed by atoms with E-state index < -0.39 is 10.8 Å². The van der Waals surface area contributed by atoms with E-state index in [2.05, 4.69) is 295 Å². The highest BCUT2D eigenvalue weighted by molar-refractivity contribution is 6.14. The van der Waals surface area contributed by atoms with Gasteiger partial charge in [0.2, 0.25) is 0 Å². The molecule has 3 aromatic heterocycles. The second kappa shape index (κ2) is 17.3. The molecular formula is C73H65N3. The lowest BCUT2D eigenvalue weighted by Gasteiger charge is -2.38.